The van der Waals surface area contributed by atoms with Crippen LogP contribution in [0.4, 0.5) is 0 Å². The first-order valence-corrected chi connectivity index (χ1v) is 6.59. The van der Waals surface area contributed by atoms with Gasteiger partial charge in [0.1, 0.15) is 6.04 Å². The van der Waals surface area contributed by atoms with Crippen LogP contribution in [-0.2, 0) is 4.79 Å². The van der Waals surface area contributed by atoms with E-state index in [1.54, 1.807) is 6.07 Å². The Kier molecular flexibility index (Phi) is 3.98. The first-order valence-electron chi connectivity index (χ1n) is 5.51. The maximum atomic E-state index is 12.0. The number of benzene rings is 1. The molecule has 1 atom stereocenters. The fourth-order valence-electron chi connectivity index (χ4n) is 1.79. The second-order valence-electron chi connectivity index (χ2n) is 3.94. The Morgan fingerprint density at radius 3 is 2.88 bits per heavy atom. The van der Waals surface area contributed by atoms with E-state index in [0.29, 0.717) is 18.5 Å². The van der Waals surface area contributed by atoms with Crippen LogP contribution in [0.1, 0.15) is 23.2 Å². The van der Waals surface area contributed by atoms with Gasteiger partial charge in [0.05, 0.1) is 5.56 Å². The Balaban J connectivity index is 2.06. The molecule has 1 aromatic rings. The van der Waals surface area contributed by atoms with E-state index in [2.05, 4.69) is 33.2 Å². The summed E-state index contributed by atoms with van der Waals surface area (Å²) in [6, 6.07) is 6.94. The molecule has 0 saturated carbocycles. The molecule has 2 N–H and O–H groups in total. The van der Waals surface area contributed by atoms with Gasteiger partial charge in [0.25, 0.3) is 5.91 Å². The van der Waals surface area contributed by atoms with Crippen LogP contribution in [0, 0.1) is 3.57 Å². The van der Waals surface area contributed by atoms with Gasteiger partial charge in [0.2, 0.25) is 5.91 Å². The monoisotopic (exact) mass is 344 g/mol. The Morgan fingerprint density at radius 1 is 1.41 bits per heavy atom. The third-order valence-electron chi connectivity index (χ3n) is 2.71. The van der Waals surface area contributed by atoms with Crippen molar-refractivity contribution in [1.29, 1.82) is 0 Å². The quantitative estimate of drug-likeness (QED) is 0.795. The molecular weight excluding hydrogens is 331 g/mol. The van der Waals surface area contributed by atoms with E-state index >= 15 is 0 Å². The van der Waals surface area contributed by atoms with Crippen molar-refractivity contribution < 1.29 is 9.59 Å². The largest absolute Gasteiger partial charge is 0.354 e. The van der Waals surface area contributed by atoms with Gasteiger partial charge in [-0.2, -0.15) is 0 Å². The van der Waals surface area contributed by atoms with E-state index in [1.807, 2.05) is 18.2 Å². The fraction of sp³-hybridized carbons (Fsp3) is 0.333. The van der Waals surface area contributed by atoms with Crippen LogP contribution in [0.15, 0.2) is 24.3 Å². The van der Waals surface area contributed by atoms with Crippen molar-refractivity contribution in [3.05, 3.63) is 33.4 Å². The highest BCUT2D eigenvalue weighted by atomic mass is 127. The lowest BCUT2D eigenvalue weighted by molar-refractivity contribution is -0.124. The van der Waals surface area contributed by atoms with Gasteiger partial charge in [-0.3, -0.25) is 9.59 Å². The predicted molar refractivity (Wildman–Crippen MR) is 72.7 cm³/mol. The highest BCUT2D eigenvalue weighted by molar-refractivity contribution is 14.1. The van der Waals surface area contributed by atoms with Crippen LogP contribution < -0.4 is 10.6 Å². The van der Waals surface area contributed by atoms with Gasteiger partial charge in [0.15, 0.2) is 0 Å². The van der Waals surface area contributed by atoms with Gasteiger partial charge in [-0.25, -0.2) is 0 Å². The van der Waals surface area contributed by atoms with Gasteiger partial charge in [-0.1, -0.05) is 12.1 Å². The van der Waals surface area contributed by atoms with Crippen LogP contribution in [0.25, 0.3) is 0 Å². The normalized spacial score (nSPS) is 19.6. The molecular formula is C12H13IN2O2. The van der Waals surface area contributed by atoms with Crippen LogP contribution in [0.2, 0.25) is 0 Å². The molecule has 5 heteroatoms. The Morgan fingerprint density at radius 2 is 2.18 bits per heavy atom. The summed E-state index contributed by atoms with van der Waals surface area (Å²) in [4.78, 5) is 23.5. The molecule has 0 radical (unpaired) electrons. The van der Waals surface area contributed by atoms with Crippen LogP contribution in [0.5, 0.6) is 0 Å². The lowest BCUT2D eigenvalue weighted by Crippen LogP contribution is -2.50. The van der Waals surface area contributed by atoms with Crippen LogP contribution >= 0.6 is 22.6 Å². The maximum Gasteiger partial charge on any atom is 0.253 e. The summed E-state index contributed by atoms with van der Waals surface area (Å²) in [5, 5.41) is 5.52. The summed E-state index contributed by atoms with van der Waals surface area (Å²) in [5.41, 5.74) is 0.617. The van der Waals surface area contributed by atoms with Crippen molar-refractivity contribution in [1.82, 2.24) is 10.6 Å². The zero-order valence-electron chi connectivity index (χ0n) is 9.20. The number of carbonyl (C=O) groups is 2. The van der Waals surface area contributed by atoms with Crippen molar-refractivity contribution in [3.63, 3.8) is 0 Å². The van der Waals surface area contributed by atoms with Crippen molar-refractivity contribution in [3.8, 4) is 0 Å². The molecule has 0 aliphatic carbocycles. The number of amides is 2. The fourth-order valence-corrected chi connectivity index (χ4v) is 2.42. The van der Waals surface area contributed by atoms with Gasteiger partial charge in [-0.05, 0) is 47.6 Å². The minimum atomic E-state index is -0.396. The molecule has 0 bridgehead atoms. The highest BCUT2D eigenvalue weighted by Gasteiger charge is 2.24. The number of carbonyl (C=O) groups excluding carboxylic acids is 2. The maximum absolute atomic E-state index is 12.0. The van der Waals surface area contributed by atoms with Gasteiger partial charge >= 0.3 is 0 Å². The summed E-state index contributed by atoms with van der Waals surface area (Å²) in [6.45, 7) is 0.702. The molecule has 90 valence electrons. The van der Waals surface area contributed by atoms with Crippen molar-refractivity contribution >= 4 is 34.4 Å². The number of hydrogen-bond donors (Lipinski definition) is 2. The highest BCUT2D eigenvalue weighted by Crippen LogP contribution is 2.12. The minimum Gasteiger partial charge on any atom is -0.354 e. The molecule has 0 spiro atoms. The molecule has 17 heavy (non-hydrogen) atoms. The molecule has 1 aliphatic heterocycles. The van der Waals surface area contributed by atoms with Crippen LogP contribution in [0.3, 0.4) is 0 Å². The molecule has 1 saturated heterocycles. The van der Waals surface area contributed by atoms with E-state index in [9.17, 15) is 9.59 Å². The molecule has 0 aromatic heterocycles. The molecule has 1 aliphatic rings. The lowest BCUT2D eigenvalue weighted by Gasteiger charge is -2.22. The van der Waals surface area contributed by atoms with E-state index in [0.717, 1.165) is 9.99 Å². The molecule has 1 fully saturated rings. The number of hydrogen-bond acceptors (Lipinski definition) is 2. The summed E-state index contributed by atoms with van der Waals surface area (Å²) >= 11 is 2.11. The summed E-state index contributed by atoms with van der Waals surface area (Å²) < 4.78 is 0.888. The van der Waals surface area contributed by atoms with Crippen LogP contribution in [-0.4, -0.2) is 24.4 Å². The average Bonchev–Trinajstić information content (AvgIpc) is 2.32. The van der Waals surface area contributed by atoms with Crippen molar-refractivity contribution in [2.24, 2.45) is 0 Å². The van der Waals surface area contributed by atoms with E-state index < -0.39 is 6.04 Å². The molecule has 1 heterocycles. The summed E-state index contributed by atoms with van der Waals surface area (Å²) in [5.74, 6) is -0.271. The first-order chi connectivity index (χ1) is 8.18. The Bertz CT molecular complexity index is 448. The lowest BCUT2D eigenvalue weighted by atomic mass is 10.1. The number of nitrogens with one attached hydrogen (secondary N) is 2. The van der Waals surface area contributed by atoms with Crippen molar-refractivity contribution in [2.45, 2.75) is 18.9 Å². The van der Waals surface area contributed by atoms with Crippen molar-refractivity contribution in [2.75, 3.05) is 6.54 Å². The molecule has 4 nitrogen and oxygen atoms in total. The van der Waals surface area contributed by atoms with E-state index in [4.69, 9.17) is 0 Å². The number of rotatable bonds is 2. The summed E-state index contributed by atoms with van der Waals surface area (Å²) in [6.07, 6.45) is 1.61. The second-order valence-corrected chi connectivity index (χ2v) is 5.10. The smallest absolute Gasteiger partial charge is 0.253 e. The van der Waals surface area contributed by atoms with Gasteiger partial charge < -0.3 is 10.6 Å². The Hall–Kier alpha value is -1.11. The Labute approximate surface area is 113 Å². The standard InChI is InChI=1S/C12H13IN2O2/c13-9-5-2-1-4-8(9)11(16)15-10-6-3-7-14-12(10)17/h1-2,4-5,10H,3,6-7H2,(H,14,17)(H,15,16)/t10-/m0/s1. The molecule has 1 aromatic carbocycles. The van der Waals surface area contributed by atoms with Gasteiger partial charge in [-0.15, -0.1) is 0 Å². The second kappa shape index (κ2) is 5.48. The SMILES string of the molecule is O=C(N[C@H]1CCCNC1=O)c1ccccc1I. The third-order valence-corrected chi connectivity index (χ3v) is 3.65. The van der Waals surface area contributed by atoms with E-state index in [-0.39, 0.29) is 11.8 Å². The number of halogens is 1. The number of piperidine rings is 1. The molecule has 2 rings (SSSR count). The zero-order valence-corrected chi connectivity index (χ0v) is 11.4. The predicted octanol–water partition coefficient (Wildman–Crippen LogP) is 1.30. The first kappa shape index (κ1) is 12.3. The summed E-state index contributed by atoms with van der Waals surface area (Å²) in [7, 11) is 0. The van der Waals surface area contributed by atoms with Gasteiger partial charge in [0, 0.05) is 10.1 Å². The average molecular weight is 344 g/mol. The zero-order chi connectivity index (χ0) is 12.3. The molecule has 2 amide bonds. The molecule has 0 unspecified atom stereocenters. The van der Waals surface area contributed by atoms with E-state index in [1.165, 1.54) is 0 Å². The minimum absolute atomic E-state index is 0.0875. The third kappa shape index (κ3) is 2.96. The topological polar surface area (TPSA) is 58.2 Å².